The van der Waals surface area contributed by atoms with Crippen LogP contribution < -0.4 is 5.73 Å². The molecule has 108 valence electrons. The molecular weight excluding hydrogens is 279 g/mol. The average molecular weight is 289 g/mol. The van der Waals surface area contributed by atoms with Crippen molar-refractivity contribution in [2.45, 2.75) is 18.4 Å². The van der Waals surface area contributed by atoms with Crippen LogP contribution in [-0.2, 0) is 10.3 Å². The smallest absolute Gasteiger partial charge is 0.310 e. The molecule has 1 aromatic rings. The number of nitro benzene ring substituents is 1. The molecule has 6 nitrogen and oxygen atoms in total. The summed E-state index contributed by atoms with van der Waals surface area (Å²) in [6.07, 6.45) is 0. The van der Waals surface area contributed by atoms with Crippen molar-refractivity contribution in [2.24, 2.45) is 10.7 Å². The lowest BCUT2D eigenvalue weighted by molar-refractivity contribution is -0.385. The van der Waals surface area contributed by atoms with E-state index in [1.807, 2.05) is 0 Å². The standard InChI is InChI=1S/C11H10F3N3O3/c1-10(11(13,14)5-16-9(15)20-10)7-4-6(17(18)19)2-3-8(7)12/h2-4H,5H2,1H3,(H2,15,16)/t10-/m1/s1. The fourth-order valence-electron chi connectivity index (χ4n) is 1.89. The second kappa shape index (κ2) is 4.36. The molecule has 0 radical (unpaired) electrons. The second-order valence-electron chi connectivity index (χ2n) is 4.42. The summed E-state index contributed by atoms with van der Waals surface area (Å²) in [5, 5.41) is 10.7. The summed E-state index contributed by atoms with van der Waals surface area (Å²) in [5.74, 6) is -4.61. The molecule has 2 rings (SSSR count). The van der Waals surface area contributed by atoms with E-state index in [4.69, 9.17) is 10.5 Å². The van der Waals surface area contributed by atoms with Gasteiger partial charge in [-0.25, -0.2) is 9.38 Å². The van der Waals surface area contributed by atoms with Gasteiger partial charge in [-0.2, -0.15) is 8.78 Å². The van der Waals surface area contributed by atoms with Gasteiger partial charge >= 0.3 is 5.92 Å². The number of amidine groups is 1. The number of benzene rings is 1. The highest BCUT2D eigenvalue weighted by Crippen LogP contribution is 2.44. The lowest BCUT2D eigenvalue weighted by Crippen LogP contribution is -2.53. The number of nitrogens with two attached hydrogens (primary N) is 1. The molecular formula is C11H10F3N3O3. The number of non-ortho nitro benzene ring substituents is 1. The van der Waals surface area contributed by atoms with E-state index < -0.39 is 46.1 Å². The quantitative estimate of drug-likeness (QED) is 0.665. The molecule has 1 atom stereocenters. The number of hydrogen-bond donors (Lipinski definition) is 1. The number of hydrogen-bond acceptors (Lipinski definition) is 5. The van der Waals surface area contributed by atoms with E-state index in [-0.39, 0.29) is 0 Å². The van der Waals surface area contributed by atoms with Crippen molar-refractivity contribution in [3.63, 3.8) is 0 Å². The second-order valence-corrected chi connectivity index (χ2v) is 4.42. The van der Waals surface area contributed by atoms with Crippen LogP contribution in [-0.4, -0.2) is 23.4 Å². The molecule has 0 unspecified atom stereocenters. The van der Waals surface area contributed by atoms with Crippen LogP contribution >= 0.6 is 0 Å². The summed E-state index contributed by atoms with van der Waals surface area (Å²) in [6, 6.07) is 1.80. The predicted molar refractivity (Wildman–Crippen MR) is 62.9 cm³/mol. The first-order valence-corrected chi connectivity index (χ1v) is 5.48. The Morgan fingerprint density at radius 2 is 2.15 bits per heavy atom. The van der Waals surface area contributed by atoms with Gasteiger partial charge in [0.2, 0.25) is 5.60 Å². The van der Waals surface area contributed by atoms with Crippen molar-refractivity contribution in [2.75, 3.05) is 6.54 Å². The van der Waals surface area contributed by atoms with Gasteiger partial charge in [-0.05, 0) is 13.0 Å². The zero-order chi connectivity index (χ0) is 15.1. The number of nitro groups is 1. The van der Waals surface area contributed by atoms with E-state index in [1.165, 1.54) is 0 Å². The van der Waals surface area contributed by atoms with Crippen molar-refractivity contribution in [1.82, 2.24) is 0 Å². The van der Waals surface area contributed by atoms with Crippen LogP contribution in [0.2, 0.25) is 0 Å². The molecule has 0 spiro atoms. The topological polar surface area (TPSA) is 90.8 Å². The number of ether oxygens (including phenoxy) is 1. The molecule has 0 bridgehead atoms. The van der Waals surface area contributed by atoms with E-state index in [9.17, 15) is 23.3 Å². The number of nitrogens with zero attached hydrogens (tertiary/aromatic N) is 2. The highest BCUT2D eigenvalue weighted by atomic mass is 19.3. The first-order chi connectivity index (χ1) is 9.17. The third-order valence-corrected chi connectivity index (χ3v) is 3.11. The Labute approximate surface area is 111 Å². The predicted octanol–water partition coefficient (Wildman–Crippen LogP) is 1.93. The summed E-state index contributed by atoms with van der Waals surface area (Å²) >= 11 is 0. The zero-order valence-electron chi connectivity index (χ0n) is 10.3. The minimum absolute atomic E-state index is 0.524. The molecule has 0 fully saturated rings. The van der Waals surface area contributed by atoms with Gasteiger partial charge in [0.25, 0.3) is 11.7 Å². The largest absolute Gasteiger partial charge is 0.448 e. The summed E-state index contributed by atoms with van der Waals surface area (Å²) in [7, 11) is 0. The van der Waals surface area contributed by atoms with Crippen molar-refractivity contribution in [1.29, 1.82) is 0 Å². The van der Waals surface area contributed by atoms with Crippen molar-refractivity contribution in [3.05, 3.63) is 39.7 Å². The minimum Gasteiger partial charge on any atom is -0.448 e. The lowest BCUT2D eigenvalue weighted by atomic mass is 9.87. The lowest BCUT2D eigenvalue weighted by Gasteiger charge is -2.39. The summed E-state index contributed by atoms with van der Waals surface area (Å²) in [6.45, 7) is -0.0753. The van der Waals surface area contributed by atoms with Gasteiger partial charge in [-0.15, -0.1) is 0 Å². The Hall–Kier alpha value is -2.32. The highest BCUT2D eigenvalue weighted by Gasteiger charge is 2.57. The van der Waals surface area contributed by atoms with Gasteiger partial charge in [-0.3, -0.25) is 10.1 Å². The molecule has 0 aromatic heterocycles. The molecule has 1 aromatic carbocycles. The summed E-state index contributed by atoms with van der Waals surface area (Å²) in [4.78, 5) is 13.1. The Kier molecular flexibility index (Phi) is 3.07. The monoisotopic (exact) mass is 289 g/mol. The van der Waals surface area contributed by atoms with Gasteiger partial charge < -0.3 is 10.5 Å². The molecule has 0 saturated carbocycles. The van der Waals surface area contributed by atoms with E-state index >= 15 is 0 Å². The molecule has 0 aliphatic carbocycles. The third-order valence-electron chi connectivity index (χ3n) is 3.11. The van der Waals surface area contributed by atoms with Crippen LogP contribution in [0, 0.1) is 15.9 Å². The van der Waals surface area contributed by atoms with Gasteiger partial charge in [0.05, 0.1) is 4.92 Å². The fourth-order valence-corrected chi connectivity index (χ4v) is 1.89. The molecule has 20 heavy (non-hydrogen) atoms. The Morgan fingerprint density at radius 3 is 2.75 bits per heavy atom. The van der Waals surface area contributed by atoms with Crippen molar-refractivity contribution >= 4 is 11.7 Å². The molecule has 1 aliphatic heterocycles. The number of halogens is 3. The minimum atomic E-state index is -3.56. The van der Waals surface area contributed by atoms with E-state index in [0.717, 1.165) is 19.1 Å². The van der Waals surface area contributed by atoms with Crippen LogP contribution in [0.4, 0.5) is 18.9 Å². The van der Waals surface area contributed by atoms with E-state index in [1.54, 1.807) is 0 Å². The fraction of sp³-hybridized carbons (Fsp3) is 0.364. The van der Waals surface area contributed by atoms with Gasteiger partial charge in [0, 0.05) is 17.7 Å². The van der Waals surface area contributed by atoms with Crippen LogP contribution in [0.1, 0.15) is 12.5 Å². The molecule has 2 N–H and O–H groups in total. The molecule has 0 amide bonds. The maximum atomic E-state index is 14.0. The van der Waals surface area contributed by atoms with E-state index in [2.05, 4.69) is 4.99 Å². The Morgan fingerprint density at radius 1 is 1.50 bits per heavy atom. The number of rotatable bonds is 2. The normalized spacial score (nSPS) is 24.7. The zero-order valence-corrected chi connectivity index (χ0v) is 10.3. The van der Waals surface area contributed by atoms with E-state index in [0.29, 0.717) is 6.07 Å². The van der Waals surface area contributed by atoms with Crippen molar-refractivity contribution in [3.8, 4) is 0 Å². The van der Waals surface area contributed by atoms with Crippen LogP contribution in [0.5, 0.6) is 0 Å². The van der Waals surface area contributed by atoms with Gasteiger partial charge in [0.15, 0.2) is 0 Å². The summed E-state index contributed by atoms with van der Waals surface area (Å²) < 4.78 is 46.6. The maximum absolute atomic E-state index is 14.0. The van der Waals surface area contributed by atoms with Crippen LogP contribution in [0.3, 0.4) is 0 Å². The van der Waals surface area contributed by atoms with Crippen molar-refractivity contribution < 1.29 is 22.8 Å². The highest BCUT2D eigenvalue weighted by molar-refractivity contribution is 5.73. The molecule has 0 saturated heterocycles. The average Bonchev–Trinajstić information content (AvgIpc) is 2.35. The molecule has 9 heteroatoms. The Balaban J connectivity index is 2.61. The summed E-state index contributed by atoms with van der Waals surface area (Å²) in [5.41, 5.74) is 1.62. The van der Waals surface area contributed by atoms with Crippen LogP contribution in [0.25, 0.3) is 0 Å². The first kappa shape index (κ1) is 14.1. The third kappa shape index (κ3) is 2.04. The SMILES string of the molecule is C[C@]1(c2cc([N+](=O)[O-])ccc2F)OC(N)=NCC1(F)F. The number of aliphatic imine (C=N–C) groups is 1. The van der Waals surface area contributed by atoms with Gasteiger partial charge in [0.1, 0.15) is 12.4 Å². The Bertz CT molecular complexity index is 606. The molecule has 1 aliphatic rings. The maximum Gasteiger partial charge on any atom is 0.310 e. The van der Waals surface area contributed by atoms with Crippen LogP contribution in [0.15, 0.2) is 23.2 Å². The first-order valence-electron chi connectivity index (χ1n) is 5.48. The number of alkyl halides is 2. The molecule has 1 heterocycles. The van der Waals surface area contributed by atoms with Gasteiger partial charge in [-0.1, -0.05) is 0 Å².